The maximum atomic E-state index is 12.8. The Kier molecular flexibility index (Phi) is 5.64. The van der Waals surface area contributed by atoms with Crippen molar-refractivity contribution in [1.82, 2.24) is 20.9 Å². The number of likely N-dealkylation sites (N-methyl/N-ethyl adjacent to an activating group) is 1. The van der Waals surface area contributed by atoms with Crippen LogP contribution >= 0.6 is 0 Å². The van der Waals surface area contributed by atoms with E-state index in [0.29, 0.717) is 11.5 Å². The predicted octanol–water partition coefficient (Wildman–Crippen LogP) is 0.439. The van der Waals surface area contributed by atoms with E-state index in [1.165, 1.54) is 7.05 Å². The highest BCUT2D eigenvalue weighted by molar-refractivity contribution is 6.09. The number of rotatable bonds is 6. The van der Waals surface area contributed by atoms with Gasteiger partial charge in [-0.25, -0.2) is 4.79 Å². The summed E-state index contributed by atoms with van der Waals surface area (Å²) >= 11 is 0. The van der Waals surface area contributed by atoms with Crippen LogP contribution in [0.1, 0.15) is 37.8 Å². The van der Waals surface area contributed by atoms with Crippen molar-refractivity contribution in [3.05, 3.63) is 35.4 Å². The van der Waals surface area contributed by atoms with Crippen molar-refractivity contribution in [2.24, 2.45) is 0 Å². The zero-order valence-corrected chi connectivity index (χ0v) is 15.4. The maximum Gasteiger partial charge on any atom is 0.325 e. The van der Waals surface area contributed by atoms with E-state index >= 15 is 0 Å². The number of amides is 5. The van der Waals surface area contributed by atoms with Gasteiger partial charge in [0.1, 0.15) is 12.1 Å². The third-order valence-corrected chi connectivity index (χ3v) is 4.46. The van der Waals surface area contributed by atoms with Gasteiger partial charge in [0.25, 0.3) is 5.91 Å². The predicted molar refractivity (Wildman–Crippen MR) is 95.2 cm³/mol. The number of benzene rings is 1. The van der Waals surface area contributed by atoms with Gasteiger partial charge >= 0.3 is 6.03 Å². The van der Waals surface area contributed by atoms with Crippen molar-refractivity contribution in [2.75, 3.05) is 20.1 Å². The van der Waals surface area contributed by atoms with Gasteiger partial charge in [-0.1, -0.05) is 38.1 Å². The first kappa shape index (κ1) is 19.4. The molecule has 1 aliphatic heterocycles. The van der Waals surface area contributed by atoms with Crippen LogP contribution in [0, 0.1) is 0 Å². The molecule has 0 bridgehead atoms. The Labute approximate surface area is 152 Å². The average molecular weight is 360 g/mol. The van der Waals surface area contributed by atoms with Crippen LogP contribution in [0.2, 0.25) is 0 Å². The highest BCUT2D eigenvalue weighted by atomic mass is 16.2. The SMILES string of the molecule is CNC(=O)CNC(=O)CN1C(=O)N[C@](C)(c2ccc(C(C)C)cc2)C1=O. The Morgan fingerprint density at radius 1 is 1.15 bits per heavy atom. The normalized spacial score (nSPS) is 19.5. The number of nitrogens with zero attached hydrogens (tertiary/aromatic N) is 1. The van der Waals surface area contributed by atoms with Crippen LogP contribution in [0.15, 0.2) is 24.3 Å². The molecular formula is C18H24N4O4. The van der Waals surface area contributed by atoms with E-state index in [4.69, 9.17) is 0 Å². The van der Waals surface area contributed by atoms with E-state index < -0.39 is 29.9 Å². The Morgan fingerprint density at radius 2 is 1.77 bits per heavy atom. The quantitative estimate of drug-likeness (QED) is 0.640. The third-order valence-electron chi connectivity index (χ3n) is 4.46. The van der Waals surface area contributed by atoms with Crippen LogP contribution in [0.3, 0.4) is 0 Å². The molecule has 5 amide bonds. The first-order valence-electron chi connectivity index (χ1n) is 8.41. The molecule has 3 N–H and O–H groups in total. The molecule has 0 unspecified atom stereocenters. The minimum atomic E-state index is -1.23. The van der Waals surface area contributed by atoms with E-state index in [2.05, 4.69) is 29.8 Å². The molecule has 0 radical (unpaired) electrons. The molecule has 1 aromatic carbocycles. The zero-order chi connectivity index (χ0) is 19.5. The topological polar surface area (TPSA) is 108 Å². The summed E-state index contributed by atoms with van der Waals surface area (Å²) in [5.41, 5.74) is 0.543. The maximum absolute atomic E-state index is 12.8. The van der Waals surface area contributed by atoms with Crippen molar-refractivity contribution in [3.8, 4) is 0 Å². The average Bonchev–Trinajstić information content (AvgIpc) is 2.83. The summed E-state index contributed by atoms with van der Waals surface area (Å²) in [7, 11) is 1.45. The molecule has 1 aromatic rings. The van der Waals surface area contributed by atoms with Crippen molar-refractivity contribution in [3.63, 3.8) is 0 Å². The summed E-state index contributed by atoms with van der Waals surface area (Å²) in [6, 6.07) is 6.82. The van der Waals surface area contributed by atoms with E-state index in [-0.39, 0.29) is 12.5 Å². The fourth-order valence-electron chi connectivity index (χ4n) is 2.70. The molecule has 0 aromatic heterocycles. The number of carbonyl (C=O) groups is 4. The molecule has 0 saturated carbocycles. The number of imide groups is 1. The zero-order valence-electron chi connectivity index (χ0n) is 15.4. The van der Waals surface area contributed by atoms with Gasteiger partial charge in [0.15, 0.2) is 0 Å². The Balaban J connectivity index is 2.11. The molecular weight excluding hydrogens is 336 g/mol. The van der Waals surface area contributed by atoms with Crippen LogP contribution in [0.5, 0.6) is 0 Å². The van der Waals surface area contributed by atoms with E-state index in [0.717, 1.165) is 10.5 Å². The van der Waals surface area contributed by atoms with E-state index in [9.17, 15) is 19.2 Å². The summed E-state index contributed by atoms with van der Waals surface area (Å²) in [4.78, 5) is 48.9. The second-order valence-corrected chi connectivity index (χ2v) is 6.67. The molecule has 2 rings (SSSR count). The number of carbonyl (C=O) groups excluding carboxylic acids is 4. The lowest BCUT2D eigenvalue weighted by molar-refractivity contribution is -0.135. The monoisotopic (exact) mass is 360 g/mol. The Bertz CT molecular complexity index is 729. The van der Waals surface area contributed by atoms with E-state index in [1.807, 2.05) is 24.3 Å². The van der Waals surface area contributed by atoms with Gasteiger partial charge in [-0.3, -0.25) is 19.3 Å². The van der Waals surface area contributed by atoms with Crippen LogP contribution < -0.4 is 16.0 Å². The van der Waals surface area contributed by atoms with Crippen molar-refractivity contribution < 1.29 is 19.2 Å². The molecule has 1 fully saturated rings. The molecule has 1 aliphatic rings. The van der Waals surface area contributed by atoms with Crippen LogP contribution in [-0.4, -0.2) is 48.8 Å². The molecule has 8 nitrogen and oxygen atoms in total. The first-order valence-corrected chi connectivity index (χ1v) is 8.41. The van der Waals surface area contributed by atoms with Crippen LogP contribution in [-0.2, 0) is 19.9 Å². The van der Waals surface area contributed by atoms with E-state index in [1.54, 1.807) is 6.92 Å². The molecule has 1 saturated heterocycles. The Morgan fingerprint density at radius 3 is 2.31 bits per heavy atom. The van der Waals surface area contributed by atoms with Crippen molar-refractivity contribution in [2.45, 2.75) is 32.2 Å². The highest BCUT2D eigenvalue weighted by Crippen LogP contribution is 2.29. The van der Waals surface area contributed by atoms with Gasteiger partial charge in [0.05, 0.1) is 6.54 Å². The number of hydrogen-bond donors (Lipinski definition) is 3. The van der Waals surface area contributed by atoms with Gasteiger partial charge in [-0.05, 0) is 24.0 Å². The standard InChI is InChI=1S/C18H24N4O4/c1-11(2)12-5-7-13(8-6-12)18(3)16(25)22(17(26)21-18)10-15(24)20-9-14(23)19-4/h5-8,11H,9-10H2,1-4H3,(H,19,23)(H,20,24)(H,21,26)/t18-/m1/s1. The fraction of sp³-hybridized carbons (Fsp3) is 0.444. The summed E-state index contributed by atoms with van der Waals surface area (Å²) in [5, 5.41) is 7.38. The first-order chi connectivity index (χ1) is 12.2. The van der Waals surface area contributed by atoms with Crippen molar-refractivity contribution >= 4 is 23.8 Å². The van der Waals surface area contributed by atoms with Gasteiger partial charge in [-0.15, -0.1) is 0 Å². The summed E-state index contributed by atoms with van der Waals surface area (Å²) in [5.74, 6) is -1.11. The summed E-state index contributed by atoms with van der Waals surface area (Å²) < 4.78 is 0. The number of urea groups is 1. The molecule has 1 atom stereocenters. The second kappa shape index (κ2) is 7.55. The summed E-state index contributed by atoms with van der Waals surface area (Å²) in [6.07, 6.45) is 0. The Hall–Kier alpha value is -2.90. The smallest absolute Gasteiger partial charge is 0.325 e. The summed E-state index contributed by atoms with van der Waals surface area (Å²) in [6.45, 7) is 5.09. The molecule has 140 valence electrons. The van der Waals surface area contributed by atoms with Crippen molar-refractivity contribution in [1.29, 1.82) is 0 Å². The van der Waals surface area contributed by atoms with Crippen LogP contribution in [0.4, 0.5) is 4.79 Å². The van der Waals surface area contributed by atoms with Gasteiger partial charge in [0, 0.05) is 7.05 Å². The van der Waals surface area contributed by atoms with Gasteiger partial charge < -0.3 is 16.0 Å². The third kappa shape index (κ3) is 3.84. The van der Waals surface area contributed by atoms with Gasteiger partial charge in [-0.2, -0.15) is 0 Å². The second-order valence-electron chi connectivity index (χ2n) is 6.67. The van der Waals surface area contributed by atoms with Crippen LogP contribution in [0.25, 0.3) is 0 Å². The lowest BCUT2D eigenvalue weighted by Crippen LogP contribution is -2.44. The molecule has 8 heteroatoms. The number of nitrogens with one attached hydrogen (secondary N) is 3. The minimum Gasteiger partial charge on any atom is -0.358 e. The highest BCUT2D eigenvalue weighted by Gasteiger charge is 2.49. The fourth-order valence-corrected chi connectivity index (χ4v) is 2.70. The lowest BCUT2D eigenvalue weighted by atomic mass is 9.90. The largest absolute Gasteiger partial charge is 0.358 e. The minimum absolute atomic E-state index is 0.215. The molecule has 1 heterocycles. The molecule has 0 aliphatic carbocycles. The number of hydrogen-bond acceptors (Lipinski definition) is 4. The van der Waals surface area contributed by atoms with Gasteiger partial charge in [0.2, 0.25) is 11.8 Å². The lowest BCUT2D eigenvalue weighted by Gasteiger charge is -2.22. The molecule has 0 spiro atoms. The molecule has 26 heavy (non-hydrogen) atoms.